The van der Waals surface area contributed by atoms with Crippen molar-refractivity contribution in [3.05, 3.63) is 63.1 Å². The molecule has 0 aliphatic carbocycles. The molecule has 2 aromatic rings. The number of para-hydroxylation sites is 1. The Balaban J connectivity index is 1.81. The Morgan fingerprint density at radius 1 is 0.960 bits per heavy atom. The molecule has 2 amide bonds. The van der Waals surface area contributed by atoms with Gasteiger partial charge in [-0.15, -0.1) is 0 Å². The van der Waals surface area contributed by atoms with E-state index in [0.717, 1.165) is 22.4 Å². The van der Waals surface area contributed by atoms with E-state index in [1.54, 1.807) is 23.1 Å². The van der Waals surface area contributed by atoms with Crippen molar-refractivity contribution in [1.29, 1.82) is 0 Å². The molecule has 1 aliphatic heterocycles. The zero-order valence-corrected chi connectivity index (χ0v) is 15.6. The minimum Gasteiger partial charge on any atom is -0.328 e. The van der Waals surface area contributed by atoms with Crippen molar-refractivity contribution in [2.45, 2.75) is 20.4 Å². The molecule has 130 valence electrons. The molecule has 0 bridgehead atoms. The maximum absolute atomic E-state index is 12.7. The largest absolute Gasteiger partial charge is 0.328 e. The van der Waals surface area contributed by atoms with Crippen molar-refractivity contribution >= 4 is 40.7 Å². The van der Waals surface area contributed by atoms with Gasteiger partial charge in [-0.25, -0.2) is 0 Å². The molecule has 1 heterocycles. The molecule has 0 spiro atoms. The molecule has 25 heavy (non-hydrogen) atoms. The monoisotopic (exact) mass is 376 g/mol. The van der Waals surface area contributed by atoms with E-state index in [-0.39, 0.29) is 0 Å². The number of hydrogen-bond acceptors (Lipinski definition) is 2. The Morgan fingerprint density at radius 3 is 2.28 bits per heavy atom. The van der Waals surface area contributed by atoms with Crippen LogP contribution in [0.25, 0.3) is 0 Å². The maximum atomic E-state index is 12.7. The number of amides is 2. The summed E-state index contributed by atoms with van der Waals surface area (Å²) in [5.74, 6) is -1.02. The van der Waals surface area contributed by atoms with Crippen LogP contribution in [0.5, 0.6) is 0 Å². The summed E-state index contributed by atoms with van der Waals surface area (Å²) in [7, 11) is 0. The first-order chi connectivity index (χ1) is 11.9. The van der Waals surface area contributed by atoms with Gasteiger partial charge in [0.05, 0.1) is 5.69 Å². The van der Waals surface area contributed by atoms with Crippen LogP contribution in [0.15, 0.2) is 36.4 Å². The molecule has 6 heteroatoms. The molecule has 1 aliphatic rings. The molecule has 0 radical (unpaired) electrons. The summed E-state index contributed by atoms with van der Waals surface area (Å²) in [5.41, 5.74) is 3.56. The van der Waals surface area contributed by atoms with Crippen LogP contribution < -0.4 is 4.90 Å². The van der Waals surface area contributed by atoms with Gasteiger partial charge in [-0.05, 0) is 42.7 Å². The Kier molecular flexibility index (Phi) is 5.02. The van der Waals surface area contributed by atoms with Gasteiger partial charge < -0.3 is 9.80 Å². The number of anilines is 1. The number of halogens is 2. The molecule has 4 nitrogen and oxygen atoms in total. The van der Waals surface area contributed by atoms with Gasteiger partial charge in [0, 0.05) is 29.7 Å². The lowest BCUT2D eigenvalue weighted by Gasteiger charge is -2.35. The number of carbonyl (C=O) groups excluding carboxylic acids is 2. The van der Waals surface area contributed by atoms with Crippen LogP contribution in [0.2, 0.25) is 10.0 Å². The summed E-state index contributed by atoms with van der Waals surface area (Å²) in [5, 5.41) is 1.03. The van der Waals surface area contributed by atoms with Crippen molar-refractivity contribution in [1.82, 2.24) is 4.90 Å². The van der Waals surface area contributed by atoms with Gasteiger partial charge in [0.1, 0.15) is 0 Å². The predicted molar refractivity (Wildman–Crippen MR) is 100 cm³/mol. The maximum Gasteiger partial charge on any atom is 0.316 e. The van der Waals surface area contributed by atoms with E-state index in [1.807, 2.05) is 32.0 Å². The second kappa shape index (κ2) is 7.06. The molecule has 1 fully saturated rings. The number of aryl methyl sites for hydroxylation is 2. The van der Waals surface area contributed by atoms with E-state index >= 15 is 0 Å². The normalized spacial score (nSPS) is 15.0. The summed E-state index contributed by atoms with van der Waals surface area (Å²) in [6.07, 6.45) is 0. The molecule has 2 aromatic carbocycles. The predicted octanol–water partition coefficient (Wildman–Crippen LogP) is 3.99. The fraction of sp³-hybridized carbons (Fsp3) is 0.263. The van der Waals surface area contributed by atoms with Gasteiger partial charge in [-0.3, -0.25) is 9.59 Å². The molecule has 1 saturated heterocycles. The van der Waals surface area contributed by atoms with Gasteiger partial charge >= 0.3 is 11.8 Å². The van der Waals surface area contributed by atoms with Crippen molar-refractivity contribution in [3.63, 3.8) is 0 Å². The summed E-state index contributed by atoms with van der Waals surface area (Å²) in [6.45, 7) is 5.10. The fourth-order valence-electron chi connectivity index (χ4n) is 3.13. The number of carbonyl (C=O) groups is 2. The average molecular weight is 377 g/mol. The smallest absolute Gasteiger partial charge is 0.316 e. The Hall–Kier alpha value is -2.04. The molecule has 3 rings (SSSR count). The Bertz CT molecular complexity index is 831. The molecular weight excluding hydrogens is 359 g/mol. The minimum atomic E-state index is -0.514. The highest BCUT2D eigenvalue weighted by Crippen LogP contribution is 2.28. The van der Waals surface area contributed by atoms with Crippen LogP contribution in [0.1, 0.15) is 16.7 Å². The highest BCUT2D eigenvalue weighted by Gasteiger charge is 2.34. The second-order valence-electron chi connectivity index (χ2n) is 6.16. The Morgan fingerprint density at radius 2 is 1.64 bits per heavy atom. The van der Waals surface area contributed by atoms with Crippen LogP contribution in [-0.4, -0.2) is 29.8 Å². The van der Waals surface area contributed by atoms with Crippen molar-refractivity contribution in [3.8, 4) is 0 Å². The van der Waals surface area contributed by atoms with Crippen LogP contribution >= 0.6 is 23.2 Å². The SMILES string of the molecule is Cc1cccc(C)c1N1CCN(Cc2ccc(Cl)cc2Cl)C(=O)C1=O. The first-order valence-corrected chi connectivity index (χ1v) is 8.75. The highest BCUT2D eigenvalue weighted by molar-refractivity contribution is 6.41. The molecular formula is C19H18Cl2N2O2. The van der Waals surface area contributed by atoms with Crippen molar-refractivity contribution < 1.29 is 9.59 Å². The van der Waals surface area contributed by atoms with E-state index in [4.69, 9.17) is 23.2 Å². The molecule has 0 saturated carbocycles. The minimum absolute atomic E-state index is 0.293. The van der Waals surface area contributed by atoms with E-state index in [9.17, 15) is 9.59 Å². The van der Waals surface area contributed by atoms with Gasteiger partial charge in [0.25, 0.3) is 0 Å². The van der Waals surface area contributed by atoms with E-state index in [2.05, 4.69) is 0 Å². The number of benzene rings is 2. The lowest BCUT2D eigenvalue weighted by atomic mass is 10.1. The first kappa shape index (κ1) is 17.8. The third kappa shape index (κ3) is 3.51. The Labute approximate surface area is 156 Å². The zero-order chi connectivity index (χ0) is 18.1. The molecule has 0 atom stereocenters. The second-order valence-corrected chi connectivity index (χ2v) is 7.00. The van der Waals surface area contributed by atoms with Crippen LogP contribution in [0.3, 0.4) is 0 Å². The third-order valence-electron chi connectivity index (χ3n) is 4.39. The van der Waals surface area contributed by atoms with Crippen LogP contribution in [0, 0.1) is 13.8 Å². The lowest BCUT2D eigenvalue weighted by molar-refractivity contribution is -0.146. The molecule has 0 N–H and O–H groups in total. The van der Waals surface area contributed by atoms with Crippen molar-refractivity contribution in [2.75, 3.05) is 18.0 Å². The summed E-state index contributed by atoms with van der Waals surface area (Å²) >= 11 is 12.1. The van der Waals surface area contributed by atoms with Crippen LogP contribution in [-0.2, 0) is 16.1 Å². The molecule has 0 unspecified atom stereocenters. The van der Waals surface area contributed by atoms with Gasteiger partial charge in [-0.2, -0.15) is 0 Å². The number of piperazine rings is 1. The first-order valence-electron chi connectivity index (χ1n) is 7.99. The quantitative estimate of drug-likeness (QED) is 0.759. The summed E-state index contributed by atoms with van der Waals surface area (Å²) < 4.78 is 0. The third-order valence-corrected chi connectivity index (χ3v) is 4.98. The number of nitrogens with zero attached hydrogens (tertiary/aromatic N) is 2. The number of rotatable bonds is 3. The van der Waals surface area contributed by atoms with E-state index in [0.29, 0.717) is 29.7 Å². The van der Waals surface area contributed by atoms with E-state index < -0.39 is 11.8 Å². The van der Waals surface area contributed by atoms with Gasteiger partial charge in [-0.1, -0.05) is 47.5 Å². The topological polar surface area (TPSA) is 40.6 Å². The van der Waals surface area contributed by atoms with Crippen LogP contribution in [0.4, 0.5) is 5.69 Å². The zero-order valence-electron chi connectivity index (χ0n) is 14.1. The highest BCUT2D eigenvalue weighted by atomic mass is 35.5. The standard InChI is InChI=1S/C19H18Cl2N2O2/c1-12-4-3-5-13(2)17(12)23-9-8-22(18(24)19(23)25)11-14-6-7-15(20)10-16(14)21/h3-7,10H,8-9,11H2,1-2H3. The summed E-state index contributed by atoms with van der Waals surface area (Å²) in [6, 6.07) is 11.0. The average Bonchev–Trinajstić information content (AvgIpc) is 2.56. The number of hydrogen-bond donors (Lipinski definition) is 0. The van der Waals surface area contributed by atoms with Gasteiger partial charge in [0.15, 0.2) is 0 Å². The lowest BCUT2D eigenvalue weighted by Crippen LogP contribution is -2.54. The summed E-state index contributed by atoms with van der Waals surface area (Å²) in [4.78, 5) is 28.3. The molecule has 0 aromatic heterocycles. The van der Waals surface area contributed by atoms with Gasteiger partial charge in [0.2, 0.25) is 0 Å². The fourth-order valence-corrected chi connectivity index (χ4v) is 3.59. The van der Waals surface area contributed by atoms with Crippen molar-refractivity contribution in [2.24, 2.45) is 0 Å². The van der Waals surface area contributed by atoms with E-state index in [1.165, 1.54) is 4.90 Å².